The van der Waals surface area contributed by atoms with Crippen molar-refractivity contribution in [3.8, 4) is 0 Å². The van der Waals surface area contributed by atoms with E-state index in [1.54, 1.807) is 0 Å². The van der Waals surface area contributed by atoms with Crippen molar-refractivity contribution in [1.82, 2.24) is 0 Å². The van der Waals surface area contributed by atoms with Gasteiger partial charge in [0.2, 0.25) is 0 Å². The average molecular weight is 210 g/mol. The summed E-state index contributed by atoms with van der Waals surface area (Å²) >= 11 is 0. The molecule has 0 aromatic rings. The summed E-state index contributed by atoms with van der Waals surface area (Å²) in [6.45, 7) is 4.08. The highest BCUT2D eigenvalue weighted by Gasteiger charge is 2.48. The molecule has 2 nitrogen and oxygen atoms in total. The van der Waals surface area contributed by atoms with E-state index in [-0.39, 0.29) is 7.12 Å². The van der Waals surface area contributed by atoms with Crippen LogP contribution in [-0.4, -0.2) is 20.3 Å². The second-order valence-electron chi connectivity index (χ2n) is 4.97. The molecule has 2 atom stereocenters. The average Bonchev–Trinajstić information content (AvgIpc) is 3.05. The molecule has 2 rings (SSSR count). The van der Waals surface area contributed by atoms with Crippen molar-refractivity contribution >= 4 is 7.12 Å². The van der Waals surface area contributed by atoms with Gasteiger partial charge in [0.25, 0.3) is 0 Å². The Morgan fingerprint density at radius 2 is 1.93 bits per heavy atom. The molecule has 0 aromatic carbocycles. The first-order valence-electron chi connectivity index (χ1n) is 6.65. The minimum Gasteiger partial charge on any atom is -0.411 e. The number of hydrogen-bond donors (Lipinski definition) is 0. The molecule has 0 radical (unpaired) electrons. The Kier molecular flexibility index (Phi) is 4.51. The van der Waals surface area contributed by atoms with Crippen LogP contribution in [0.25, 0.3) is 0 Å². The largest absolute Gasteiger partial charge is 0.460 e. The summed E-state index contributed by atoms with van der Waals surface area (Å²) in [5, 5.41) is 0. The lowest BCUT2D eigenvalue weighted by Gasteiger charge is -2.19. The normalized spacial score (nSPS) is 30.6. The quantitative estimate of drug-likeness (QED) is 0.494. The Morgan fingerprint density at radius 1 is 1.13 bits per heavy atom. The molecule has 0 unspecified atom stereocenters. The van der Waals surface area contributed by atoms with E-state index >= 15 is 0 Å². The van der Waals surface area contributed by atoms with Gasteiger partial charge in [0.1, 0.15) is 0 Å². The Bertz CT molecular complexity index is 180. The summed E-state index contributed by atoms with van der Waals surface area (Å²) in [6.07, 6.45) is 9.36. The fourth-order valence-corrected chi connectivity index (χ4v) is 2.52. The van der Waals surface area contributed by atoms with Crippen molar-refractivity contribution in [3.63, 3.8) is 0 Å². The Labute approximate surface area is 93.9 Å². The molecule has 1 aliphatic carbocycles. The summed E-state index contributed by atoms with van der Waals surface area (Å²) in [5.41, 5.74) is 0. The lowest BCUT2D eigenvalue weighted by atomic mass is 9.79. The van der Waals surface area contributed by atoms with Crippen LogP contribution in [0.2, 0.25) is 5.82 Å². The molecule has 3 heteroatoms. The van der Waals surface area contributed by atoms with Crippen LogP contribution in [0.3, 0.4) is 0 Å². The highest BCUT2D eigenvalue weighted by atomic mass is 16.6. The smallest absolute Gasteiger partial charge is 0.411 e. The van der Waals surface area contributed by atoms with Gasteiger partial charge < -0.3 is 9.31 Å². The standard InChI is InChI=1S/C12H23BO2/c1-2-3-4-5-7-11-10-12(11)13-14-8-6-9-15-13/h11-12H,2-10H2,1H3/t11-,12-/m0/s1. The molecule has 1 saturated carbocycles. The maximum Gasteiger partial charge on any atom is 0.460 e. The lowest BCUT2D eigenvalue weighted by molar-refractivity contribution is 0.132. The second kappa shape index (κ2) is 5.90. The summed E-state index contributed by atoms with van der Waals surface area (Å²) in [6, 6.07) is 0. The molecule has 1 heterocycles. The van der Waals surface area contributed by atoms with Crippen molar-refractivity contribution in [3.05, 3.63) is 0 Å². The van der Waals surface area contributed by atoms with Gasteiger partial charge in [-0.05, 0) is 24.6 Å². The van der Waals surface area contributed by atoms with E-state index in [9.17, 15) is 0 Å². The van der Waals surface area contributed by atoms with Gasteiger partial charge >= 0.3 is 7.12 Å². The van der Waals surface area contributed by atoms with Gasteiger partial charge in [-0.2, -0.15) is 0 Å². The SMILES string of the molecule is CCCCCC[C@H]1C[C@@H]1B1OCCCO1. The molecule has 1 aliphatic heterocycles. The first-order chi connectivity index (χ1) is 7.42. The molecule has 2 fully saturated rings. The van der Waals surface area contributed by atoms with Crippen LogP contribution in [-0.2, 0) is 9.31 Å². The van der Waals surface area contributed by atoms with Crippen LogP contribution in [0.15, 0.2) is 0 Å². The minimum atomic E-state index is 0.148. The number of rotatable bonds is 6. The molecule has 0 amide bonds. The number of hydrogen-bond acceptors (Lipinski definition) is 2. The zero-order valence-corrected chi connectivity index (χ0v) is 9.91. The molecule has 0 N–H and O–H groups in total. The number of unbranched alkanes of at least 4 members (excludes halogenated alkanes) is 3. The van der Waals surface area contributed by atoms with Gasteiger partial charge in [-0.15, -0.1) is 0 Å². The zero-order chi connectivity index (χ0) is 10.5. The highest BCUT2D eigenvalue weighted by molar-refractivity contribution is 6.47. The van der Waals surface area contributed by atoms with Gasteiger partial charge in [-0.3, -0.25) is 0 Å². The fraction of sp³-hybridized carbons (Fsp3) is 1.00. The first kappa shape index (κ1) is 11.5. The van der Waals surface area contributed by atoms with Gasteiger partial charge in [0, 0.05) is 13.2 Å². The summed E-state index contributed by atoms with van der Waals surface area (Å²) in [4.78, 5) is 0. The summed E-state index contributed by atoms with van der Waals surface area (Å²) < 4.78 is 11.3. The monoisotopic (exact) mass is 210 g/mol. The van der Waals surface area contributed by atoms with E-state index in [1.807, 2.05) is 0 Å². The molecule has 2 aliphatic rings. The molecule has 1 saturated heterocycles. The Morgan fingerprint density at radius 3 is 2.67 bits per heavy atom. The Hall–Kier alpha value is -0.0151. The molecular formula is C12H23BO2. The molecular weight excluding hydrogens is 187 g/mol. The van der Waals surface area contributed by atoms with Crippen LogP contribution in [0.4, 0.5) is 0 Å². The first-order valence-corrected chi connectivity index (χ1v) is 6.65. The van der Waals surface area contributed by atoms with Crippen molar-refractivity contribution in [2.45, 2.75) is 57.7 Å². The molecule has 86 valence electrons. The van der Waals surface area contributed by atoms with Gasteiger partial charge in [0.15, 0.2) is 0 Å². The molecule has 0 spiro atoms. The van der Waals surface area contributed by atoms with E-state index < -0.39 is 0 Å². The van der Waals surface area contributed by atoms with E-state index in [0.717, 1.165) is 31.4 Å². The third-order valence-corrected chi connectivity index (χ3v) is 3.61. The van der Waals surface area contributed by atoms with E-state index in [2.05, 4.69) is 6.92 Å². The second-order valence-corrected chi connectivity index (χ2v) is 4.97. The van der Waals surface area contributed by atoms with E-state index in [4.69, 9.17) is 9.31 Å². The molecule has 0 bridgehead atoms. The van der Waals surface area contributed by atoms with Gasteiger partial charge in [-0.1, -0.05) is 39.0 Å². The van der Waals surface area contributed by atoms with Crippen molar-refractivity contribution < 1.29 is 9.31 Å². The maximum absolute atomic E-state index is 5.64. The predicted octanol–water partition coefficient (Wildman–Crippen LogP) is 3.27. The van der Waals surface area contributed by atoms with Crippen LogP contribution in [0.5, 0.6) is 0 Å². The lowest BCUT2D eigenvalue weighted by Crippen LogP contribution is -2.30. The topological polar surface area (TPSA) is 18.5 Å². The fourth-order valence-electron chi connectivity index (χ4n) is 2.52. The van der Waals surface area contributed by atoms with Crippen LogP contribution < -0.4 is 0 Å². The van der Waals surface area contributed by atoms with E-state index in [0.29, 0.717) is 0 Å². The maximum atomic E-state index is 5.64. The molecule has 15 heavy (non-hydrogen) atoms. The third-order valence-electron chi connectivity index (χ3n) is 3.61. The van der Waals surface area contributed by atoms with Crippen molar-refractivity contribution in [2.75, 3.05) is 13.2 Å². The van der Waals surface area contributed by atoms with Gasteiger partial charge in [-0.25, -0.2) is 0 Å². The minimum absolute atomic E-state index is 0.148. The van der Waals surface area contributed by atoms with Crippen molar-refractivity contribution in [2.24, 2.45) is 5.92 Å². The van der Waals surface area contributed by atoms with Gasteiger partial charge in [0.05, 0.1) is 0 Å². The Balaban J connectivity index is 1.55. The van der Waals surface area contributed by atoms with Crippen molar-refractivity contribution in [1.29, 1.82) is 0 Å². The van der Waals surface area contributed by atoms with Crippen LogP contribution in [0, 0.1) is 5.92 Å². The van der Waals surface area contributed by atoms with Crippen LogP contribution in [0.1, 0.15) is 51.9 Å². The summed E-state index contributed by atoms with van der Waals surface area (Å²) in [5.74, 6) is 1.64. The summed E-state index contributed by atoms with van der Waals surface area (Å²) in [7, 11) is 0.148. The van der Waals surface area contributed by atoms with Crippen LogP contribution >= 0.6 is 0 Å². The van der Waals surface area contributed by atoms with E-state index in [1.165, 1.54) is 38.5 Å². The zero-order valence-electron chi connectivity index (χ0n) is 9.91. The predicted molar refractivity (Wildman–Crippen MR) is 62.9 cm³/mol. The molecule has 0 aromatic heterocycles. The highest BCUT2D eigenvalue weighted by Crippen LogP contribution is 2.51. The third kappa shape index (κ3) is 3.49.